The lowest BCUT2D eigenvalue weighted by Gasteiger charge is -2.25. The smallest absolute Gasteiger partial charge is 0.119 e. The van der Waals surface area contributed by atoms with Crippen LogP contribution in [0.1, 0.15) is 51.6 Å². The highest BCUT2D eigenvalue weighted by atomic mass is 16.5. The monoisotopic (exact) mass is 290 g/mol. The van der Waals surface area contributed by atoms with Crippen LogP contribution in [0.3, 0.4) is 0 Å². The van der Waals surface area contributed by atoms with Crippen LogP contribution in [0.25, 0.3) is 0 Å². The Kier molecular flexibility index (Phi) is 6.52. The van der Waals surface area contributed by atoms with Crippen LogP contribution in [0.2, 0.25) is 0 Å². The molecule has 0 amide bonds. The van der Waals surface area contributed by atoms with Gasteiger partial charge in [-0.25, -0.2) is 0 Å². The number of likely N-dealkylation sites (tertiary alicyclic amines) is 1. The van der Waals surface area contributed by atoms with Gasteiger partial charge in [-0.05, 0) is 63.9 Å². The minimum Gasteiger partial charge on any atom is -0.494 e. The van der Waals surface area contributed by atoms with Crippen LogP contribution in [0, 0.1) is 0 Å². The first kappa shape index (κ1) is 16.3. The van der Waals surface area contributed by atoms with Crippen molar-refractivity contribution in [2.24, 2.45) is 0 Å². The minimum atomic E-state index is 0.378. The van der Waals surface area contributed by atoms with Gasteiger partial charge in [0.2, 0.25) is 0 Å². The lowest BCUT2D eigenvalue weighted by Crippen LogP contribution is -2.39. The van der Waals surface area contributed by atoms with Crippen molar-refractivity contribution in [1.29, 1.82) is 0 Å². The van der Waals surface area contributed by atoms with E-state index in [1.165, 1.54) is 31.5 Å². The summed E-state index contributed by atoms with van der Waals surface area (Å²) >= 11 is 0. The second kappa shape index (κ2) is 8.40. The summed E-state index contributed by atoms with van der Waals surface area (Å²) in [5.74, 6) is 0.970. The fourth-order valence-electron chi connectivity index (χ4n) is 3.00. The summed E-state index contributed by atoms with van der Waals surface area (Å²) in [5.41, 5.74) is 1.33. The number of nitrogens with zero attached hydrogens (tertiary/aromatic N) is 1. The van der Waals surface area contributed by atoms with Gasteiger partial charge in [0, 0.05) is 18.6 Å². The highest BCUT2D eigenvalue weighted by molar-refractivity contribution is 5.29. The highest BCUT2D eigenvalue weighted by Crippen LogP contribution is 2.18. The maximum Gasteiger partial charge on any atom is 0.119 e. The van der Waals surface area contributed by atoms with Crippen LogP contribution in [0.4, 0.5) is 0 Å². The lowest BCUT2D eigenvalue weighted by atomic mass is 10.1. The fourth-order valence-corrected chi connectivity index (χ4v) is 3.00. The van der Waals surface area contributed by atoms with Gasteiger partial charge in [0.05, 0.1) is 6.61 Å². The fraction of sp³-hybridized carbons (Fsp3) is 0.667. The van der Waals surface area contributed by atoms with Gasteiger partial charge in [0.1, 0.15) is 5.75 Å². The summed E-state index contributed by atoms with van der Waals surface area (Å²) in [4.78, 5) is 2.56. The summed E-state index contributed by atoms with van der Waals surface area (Å²) < 4.78 is 5.63. The van der Waals surface area contributed by atoms with Crippen molar-refractivity contribution in [1.82, 2.24) is 10.2 Å². The van der Waals surface area contributed by atoms with Gasteiger partial charge in [0.15, 0.2) is 0 Å². The van der Waals surface area contributed by atoms with Crippen LogP contribution in [-0.4, -0.2) is 37.2 Å². The van der Waals surface area contributed by atoms with Gasteiger partial charge in [0.25, 0.3) is 0 Å². The van der Waals surface area contributed by atoms with Crippen LogP contribution >= 0.6 is 0 Å². The number of benzene rings is 1. The molecule has 1 aromatic rings. The highest BCUT2D eigenvalue weighted by Gasteiger charge is 2.16. The first-order valence-corrected chi connectivity index (χ1v) is 8.40. The van der Waals surface area contributed by atoms with Crippen molar-refractivity contribution in [3.8, 4) is 5.75 Å². The summed E-state index contributed by atoms with van der Waals surface area (Å²) in [6.45, 7) is 11.1. The Labute approximate surface area is 129 Å². The second-order valence-corrected chi connectivity index (χ2v) is 6.21. The molecule has 1 saturated heterocycles. The van der Waals surface area contributed by atoms with E-state index in [1.807, 2.05) is 0 Å². The maximum absolute atomic E-state index is 5.63. The molecule has 2 rings (SSSR count). The van der Waals surface area contributed by atoms with Crippen molar-refractivity contribution >= 4 is 0 Å². The zero-order valence-corrected chi connectivity index (χ0v) is 13.8. The van der Waals surface area contributed by atoms with E-state index in [0.717, 1.165) is 25.3 Å². The molecule has 0 aliphatic carbocycles. The van der Waals surface area contributed by atoms with E-state index < -0.39 is 0 Å². The Balaban J connectivity index is 1.79. The first-order chi connectivity index (χ1) is 10.2. The van der Waals surface area contributed by atoms with Crippen LogP contribution < -0.4 is 10.1 Å². The predicted molar refractivity (Wildman–Crippen MR) is 88.9 cm³/mol. The zero-order valence-electron chi connectivity index (χ0n) is 13.8. The van der Waals surface area contributed by atoms with Gasteiger partial charge < -0.3 is 15.0 Å². The van der Waals surface area contributed by atoms with Gasteiger partial charge >= 0.3 is 0 Å². The summed E-state index contributed by atoms with van der Waals surface area (Å²) in [6.07, 6.45) is 3.77. The first-order valence-electron chi connectivity index (χ1n) is 8.40. The zero-order chi connectivity index (χ0) is 15.1. The minimum absolute atomic E-state index is 0.378. The van der Waals surface area contributed by atoms with E-state index in [2.05, 4.69) is 55.3 Å². The van der Waals surface area contributed by atoms with Crippen molar-refractivity contribution in [3.05, 3.63) is 29.8 Å². The SMILES string of the molecule is CCCOc1ccc(C(C)NC(C)CN2CCCC2)cc1. The normalized spacial score (nSPS) is 18.6. The topological polar surface area (TPSA) is 24.5 Å². The molecule has 118 valence electrons. The molecule has 0 aromatic heterocycles. The Morgan fingerprint density at radius 3 is 2.43 bits per heavy atom. The third-order valence-electron chi connectivity index (χ3n) is 4.12. The standard InChI is InChI=1S/C18H30N2O/c1-4-13-21-18-9-7-17(8-10-18)16(3)19-15(2)14-20-11-5-6-12-20/h7-10,15-16,19H,4-6,11-14H2,1-3H3. The lowest BCUT2D eigenvalue weighted by molar-refractivity contribution is 0.289. The quantitative estimate of drug-likeness (QED) is 0.791. The van der Waals surface area contributed by atoms with Gasteiger partial charge in [-0.3, -0.25) is 0 Å². The van der Waals surface area contributed by atoms with E-state index >= 15 is 0 Å². The third kappa shape index (κ3) is 5.33. The molecule has 1 aliphatic heterocycles. The average Bonchev–Trinajstić information content (AvgIpc) is 2.98. The molecule has 0 spiro atoms. The molecule has 0 bridgehead atoms. The number of ether oxygens (including phenoxy) is 1. The van der Waals surface area contributed by atoms with Crippen LogP contribution in [-0.2, 0) is 0 Å². The Morgan fingerprint density at radius 2 is 1.81 bits per heavy atom. The average molecular weight is 290 g/mol. The molecule has 3 heteroatoms. The van der Waals surface area contributed by atoms with E-state index in [4.69, 9.17) is 4.74 Å². The van der Waals surface area contributed by atoms with E-state index in [1.54, 1.807) is 0 Å². The van der Waals surface area contributed by atoms with E-state index in [0.29, 0.717) is 12.1 Å². The Morgan fingerprint density at radius 1 is 1.14 bits per heavy atom. The molecule has 1 aliphatic rings. The second-order valence-electron chi connectivity index (χ2n) is 6.21. The van der Waals surface area contributed by atoms with Crippen molar-refractivity contribution in [2.45, 2.75) is 52.1 Å². The molecule has 1 heterocycles. The summed E-state index contributed by atoms with van der Waals surface area (Å²) in [6, 6.07) is 9.40. The maximum atomic E-state index is 5.63. The molecule has 1 fully saturated rings. The van der Waals surface area contributed by atoms with Crippen LogP contribution in [0.5, 0.6) is 5.75 Å². The molecule has 0 radical (unpaired) electrons. The van der Waals surface area contributed by atoms with Crippen molar-refractivity contribution < 1.29 is 4.74 Å². The molecule has 3 nitrogen and oxygen atoms in total. The Bertz CT molecular complexity index is 398. The van der Waals surface area contributed by atoms with E-state index in [-0.39, 0.29) is 0 Å². The number of hydrogen-bond donors (Lipinski definition) is 1. The van der Waals surface area contributed by atoms with Gasteiger partial charge in [-0.1, -0.05) is 19.1 Å². The largest absolute Gasteiger partial charge is 0.494 e. The molecular weight excluding hydrogens is 260 g/mol. The number of nitrogens with one attached hydrogen (secondary N) is 1. The van der Waals surface area contributed by atoms with Crippen molar-refractivity contribution in [3.63, 3.8) is 0 Å². The number of rotatable bonds is 8. The summed E-state index contributed by atoms with van der Waals surface area (Å²) in [7, 11) is 0. The van der Waals surface area contributed by atoms with Gasteiger partial charge in [-0.2, -0.15) is 0 Å². The van der Waals surface area contributed by atoms with Crippen LogP contribution in [0.15, 0.2) is 24.3 Å². The molecule has 2 atom stereocenters. The molecular formula is C18H30N2O. The molecule has 2 unspecified atom stereocenters. The van der Waals surface area contributed by atoms with E-state index in [9.17, 15) is 0 Å². The number of hydrogen-bond acceptors (Lipinski definition) is 3. The van der Waals surface area contributed by atoms with Crippen molar-refractivity contribution in [2.75, 3.05) is 26.2 Å². The molecule has 21 heavy (non-hydrogen) atoms. The van der Waals surface area contributed by atoms with Gasteiger partial charge in [-0.15, -0.1) is 0 Å². The third-order valence-corrected chi connectivity index (χ3v) is 4.12. The Hall–Kier alpha value is -1.06. The summed E-state index contributed by atoms with van der Waals surface area (Å²) in [5, 5.41) is 3.70. The molecule has 1 N–H and O–H groups in total. The molecule has 1 aromatic carbocycles. The predicted octanol–water partition coefficient (Wildman–Crippen LogP) is 3.61. The molecule has 0 saturated carbocycles.